The lowest BCUT2D eigenvalue weighted by atomic mass is 10.2. The van der Waals surface area contributed by atoms with Crippen molar-refractivity contribution in [1.29, 1.82) is 0 Å². The Labute approximate surface area is 117 Å². The molecule has 0 bridgehead atoms. The van der Waals surface area contributed by atoms with E-state index < -0.39 is 0 Å². The molecule has 0 aliphatic rings. The molecule has 0 saturated carbocycles. The molecular weight excluding hydrogens is 257 g/mol. The van der Waals surface area contributed by atoms with Crippen molar-refractivity contribution in [2.75, 3.05) is 11.9 Å². The average molecular weight is 273 g/mol. The van der Waals surface area contributed by atoms with Crippen LogP contribution in [0.4, 0.5) is 10.2 Å². The number of nitrogens with one attached hydrogen (secondary N) is 2. The number of nitrogens with zero attached hydrogens (tertiary/aromatic N) is 1. The van der Waals surface area contributed by atoms with Gasteiger partial charge in [-0.25, -0.2) is 9.37 Å². The van der Waals surface area contributed by atoms with Crippen LogP contribution in [0.2, 0.25) is 0 Å². The first kappa shape index (κ1) is 14.0. The van der Waals surface area contributed by atoms with Crippen LogP contribution in [0.15, 0.2) is 42.6 Å². The Morgan fingerprint density at radius 1 is 1.30 bits per heavy atom. The van der Waals surface area contributed by atoms with Crippen molar-refractivity contribution in [1.82, 2.24) is 10.3 Å². The highest BCUT2D eigenvalue weighted by Gasteiger charge is 2.06. The molecule has 4 nitrogen and oxygen atoms in total. The van der Waals surface area contributed by atoms with Crippen molar-refractivity contribution < 1.29 is 9.18 Å². The quantitative estimate of drug-likeness (QED) is 0.880. The van der Waals surface area contributed by atoms with Crippen LogP contribution in [0.5, 0.6) is 0 Å². The highest BCUT2D eigenvalue weighted by atomic mass is 19.1. The van der Waals surface area contributed by atoms with E-state index in [9.17, 15) is 9.18 Å². The van der Waals surface area contributed by atoms with Gasteiger partial charge in [-0.15, -0.1) is 0 Å². The first-order valence-corrected chi connectivity index (χ1v) is 6.41. The third-order valence-electron chi connectivity index (χ3n) is 2.73. The molecule has 0 unspecified atom stereocenters. The summed E-state index contributed by atoms with van der Waals surface area (Å²) in [5, 5.41) is 5.78. The summed E-state index contributed by atoms with van der Waals surface area (Å²) in [7, 11) is 0. The summed E-state index contributed by atoms with van der Waals surface area (Å²) in [5.41, 5.74) is 1.19. The fraction of sp³-hybridized carbons (Fsp3) is 0.200. The maximum absolute atomic E-state index is 13.0. The number of pyridine rings is 1. The van der Waals surface area contributed by atoms with Crippen LogP contribution < -0.4 is 10.6 Å². The molecule has 0 spiro atoms. The number of hydrogen-bond acceptors (Lipinski definition) is 3. The van der Waals surface area contributed by atoms with Crippen LogP contribution in [0.1, 0.15) is 22.8 Å². The van der Waals surface area contributed by atoms with Gasteiger partial charge >= 0.3 is 0 Å². The lowest BCUT2D eigenvalue weighted by Crippen LogP contribution is -2.23. The predicted octanol–water partition coefficient (Wildman–Crippen LogP) is 2.58. The molecule has 1 amide bonds. The van der Waals surface area contributed by atoms with Gasteiger partial charge in [0.05, 0.1) is 5.56 Å². The first-order chi connectivity index (χ1) is 9.69. The zero-order chi connectivity index (χ0) is 14.4. The topological polar surface area (TPSA) is 54.0 Å². The minimum atomic E-state index is -0.312. The standard InChI is InChI=1S/C15H16FN3O/c1-2-17-14-7-6-12(10-18-14)15(20)19-9-11-4-3-5-13(16)8-11/h3-8,10H,2,9H2,1H3,(H,17,18)(H,19,20). The molecule has 2 N–H and O–H groups in total. The van der Waals surface area contributed by atoms with E-state index in [1.165, 1.54) is 18.3 Å². The highest BCUT2D eigenvalue weighted by Crippen LogP contribution is 2.06. The molecule has 2 aromatic rings. The number of rotatable bonds is 5. The van der Waals surface area contributed by atoms with Gasteiger partial charge < -0.3 is 10.6 Å². The third kappa shape index (κ3) is 3.78. The maximum atomic E-state index is 13.0. The van der Waals surface area contributed by atoms with Crippen LogP contribution in [0, 0.1) is 5.82 Å². The lowest BCUT2D eigenvalue weighted by molar-refractivity contribution is 0.0950. The van der Waals surface area contributed by atoms with Gasteiger partial charge in [-0.2, -0.15) is 0 Å². The number of carbonyl (C=O) groups is 1. The monoisotopic (exact) mass is 273 g/mol. The largest absolute Gasteiger partial charge is 0.370 e. The summed E-state index contributed by atoms with van der Waals surface area (Å²) in [5.74, 6) is 0.187. The Kier molecular flexibility index (Phi) is 4.65. The Balaban J connectivity index is 1.94. The fourth-order valence-electron chi connectivity index (χ4n) is 1.75. The minimum absolute atomic E-state index is 0.232. The van der Waals surface area contributed by atoms with E-state index in [-0.39, 0.29) is 18.3 Å². The predicted molar refractivity (Wildman–Crippen MR) is 76.0 cm³/mol. The second-order valence-corrected chi connectivity index (χ2v) is 4.28. The molecule has 2 rings (SSSR count). The smallest absolute Gasteiger partial charge is 0.253 e. The summed E-state index contributed by atoms with van der Waals surface area (Å²) in [6.07, 6.45) is 1.51. The molecule has 1 aromatic heterocycles. The van der Waals surface area contributed by atoms with Crippen LogP contribution in [-0.2, 0) is 6.54 Å². The van der Waals surface area contributed by atoms with Crippen molar-refractivity contribution in [3.05, 3.63) is 59.5 Å². The summed E-state index contributed by atoms with van der Waals surface area (Å²) in [4.78, 5) is 16.0. The normalized spacial score (nSPS) is 10.1. The van der Waals surface area contributed by atoms with Crippen LogP contribution in [0.3, 0.4) is 0 Å². The number of carbonyl (C=O) groups excluding carboxylic acids is 1. The zero-order valence-corrected chi connectivity index (χ0v) is 11.2. The molecular formula is C15H16FN3O. The van der Waals surface area contributed by atoms with Gasteiger partial charge in [-0.05, 0) is 36.8 Å². The molecule has 0 fully saturated rings. The Hall–Kier alpha value is -2.43. The fourth-order valence-corrected chi connectivity index (χ4v) is 1.75. The molecule has 104 valence electrons. The molecule has 0 atom stereocenters. The van der Waals surface area contributed by atoms with E-state index in [1.54, 1.807) is 24.3 Å². The number of anilines is 1. The molecule has 5 heteroatoms. The lowest BCUT2D eigenvalue weighted by Gasteiger charge is -2.06. The number of hydrogen-bond donors (Lipinski definition) is 2. The summed E-state index contributed by atoms with van der Waals surface area (Å²) in [6.45, 7) is 3.03. The van der Waals surface area contributed by atoms with Crippen molar-refractivity contribution in [3.8, 4) is 0 Å². The zero-order valence-electron chi connectivity index (χ0n) is 11.2. The second kappa shape index (κ2) is 6.65. The molecule has 0 saturated heterocycles. The minimum Gasteiger partial charge on any atom is -0.370 e. The van der Waals surface area contributed by atoms with Crippen molar-refractivity contribution >= 4 is 11.7 Å². The van der Waals surface area contributed by atoms with Gasteiger partial charge in [0.1, 0.15) is 11.6 Å². The molecule has 0 aliphatic heterocycles. The van der Waals surface area contributed by atoms with Gasteiger partial charge in [0.2, 0.25) is 0 Å². The molecule has 1 aromatic carbocycles. The number of benzene rings is 1. The summed E-state index contributed by atoms with van der Waals surface area (Å²) >= 11 is 0. The van der Waals surface area contributed by atoms with Crippen molar-refractivity contribution in [2.45, 2.75) is 13.5 Å². The van der Waals surface area contributed by atoms with Crippen molar-refractivity contribution in [3.63, 3.8) is 0 Å². The van der Waals surface area contributed by atoms with Crippen LogP contribution >= 0.6 is 0 Å². The van der Waals surface area contributed by atoms with E-state index in [1.807, 2.05) is 6.92 Å². The van der Waals surface area contributed by atoms with Gasteiger partial charge in [-0.1, -0.05) is 12.1 Å². The Bertz CT molecular complexity index is 584. The highest BCUT2D eigenvalue weighted by molar-refractivity contribution is 5.93. The summed E-state index contributed by atoms with van der Waals surface area (Å²) < 4.78 is 13.0. The Morgan fingerprint density at radius 3 is 2.80 bits per heavy atom. The van der Waals surface area contributed by atoms with E-state index >= 15 is 0 Å². The van der Waals surface area contributed by atoms with Crippen LogP contribution in [0.25, 0.3) is 0 Å². The van der Waals surface area contributed by atoms with Gasteiger partial charge in [0.25, 0.3) is 5.91 Å². The van der Waals surface area contributed by atoms with Gasteiger partial charge in [-0.3, -0.25) is 4.79 Å². The SMILES string of the molecule is CCNc1ccc(C(=O)NCc2cccc(F)c2)cn1. The molecule has 0 aliphatic carbocycles. The second-order valence-electron chi connectivity index (χ2n) is 4.28. The van der Waals surface area contributed by atoms with E-state index in [0.29, 0.717) is 5.56 Å². The number of halogens is 1. The summed E-state index contributed by atoms with van der Waals surface area (Å²) in [6, 6.07) is 9.59. The van der Waals surface area contributed by atoms with Crippen molar-refractivity contribution in [2.24, 2.45) is 0 Å². The van der Waals surface area contributed by atoms with E-state index in [4.69, 9.17) is 0 Å². The van der Waals surface area contributed by atoms with Gasteiger partial charge in [0, 0.05) is 19.3 Å². The van der Waals surface area contributed by atoms with Gasteiger partial charge in [0.15, 0.2) is 0 Å². The first-order valence-electron chi connectivity index (χ1n) is 6.41. The van der Waals surface area contributed by atoms with Crippen LogP contribution in [-0.4, -0.2) is 17.4 Å². The molecule has 20 heavy (non-hydrogen) atoms. The van der Waals surface area contributed by atoms with E-state index in [0.717, 1.165) is 17.9 Å². The average Bonchev–Trinajstić information content (AvgIpc) is 2.46. The molecule has 0 radical (unpaired) electrons. The Morgan fingerprint density at radius 2 is 2.15 bits per heavy atom. The molecule has 1 heterocycles. The number of aromatic nitrogens is 1. The van der Waals surface area contributed by atoms with E-state index in [2.05, 4.69) is 15.6 Å². The number of amides is 1. The third-order valence-corrected chi connectivity index (χ3v) is 2.73. The maximum Gasteiger partial charge on any atom is 0.253 e.